The van der Waals surface area contributed by atoms with Crippen LogP contribution >= 0.6 is 15.9 Å². The van der Waals surface area contributed by atoms with E-state index in [4.69, 9.17) is 0 Å². The lowest BCUT2D eigenvalue weighted by Gasteiger charge is -1.96. The Labute approximate surface area is 108 Å². The molecule has 5 heteroatoms. The minimum atomic E-state index is 0. The first kappa shape index (κ1) is 12.4. The quantitative estimate of drug-likeness (QED) is 0.615. The molecule has 0 aliphatic rings. The van der Waals surface area contributed by atoms with Gasteiger partial charge in [-0.1, -0.05) is 28.1 Å². The predicted molar refractivity (Wildman–Crippen MR) is 56.6 cm³/mol. The van der Waals surface area contributed by atoms with Gasteiger partial charge in [-0.2, -0.15) is 0 Å². The van der Waals surface area contributed by atoms with Crippen LogP contribution in [0.1, 0.15) is 5.56 Å². The molecule has 2 rings (SSSR count). The topological polar surface area (TPSA) is 21.7 Å². The minimum Gasteiger partial charge on any atom is -1.00 e. The zero-order valence-corrected chi connectivity index (χ0v) is 11.4. The smallest absolute Gasteiger partial charge is 0.264 e. The van der Waals surface area contributed by atoms with Gasteiger partial charge in [-0.15, -0.1) is 4.68 Å². The largest absolute Gasteiger partial charge is 1.00 e. The fourth-order valence-corrected chi connectivity index (χ4v) is 1.77. The Kier molecular flexibility index (Phi) is 4.47. The van der Waals surface area contributed by atoms with Crippen LogP contribution in [0.5, 0.6) is 0 Å². The molecule has 0 amide bonds. The molecule has 0 radical (unpaired) electrons. The maximum absolute atomic E-state index is 4.21. The van der Waals surface area contributed by atoms with Crippen molar-refractivity contribution in [2.24, 2.45) is 7.05 Å². The van der Waals surface area contributed by atoms with Crippen LogP contribution in [0, 0.1) is 0 Å². The van der Waals surface area contributed by atoms with Gasteiger partial charge in [-0.3, -0.25) is 0 Å². The van der Waals surface area contributed by atoms with Crippen LogP contribution in [0.2, 0.25) is 0 Å². The predicted octanol–water partition coefficient (Wildman–Crippen LogP) is -1.48. The first-order valence-electron chi connectivity index (χ1n) is 4.36. The Morgan fingerprint density at radius 1 is 1.47 bits per heavy atom. The maximum atomic E-state index is 4.21. The molecule has 1 aromatic carbocycles. The third-order valence-corrected chi connectivity index (χ3v) is 2.42. The highest BCUT2D eigenvalue weighted by Gasteiger charge is 2.03. The lowest BCUT2D eigenvalue weighted by atomic mass is 10.2. The SMILES string of the molecule is C[n+]1cnn(Cc2cccc(Br)c2)c1.[Br-]. The van der Waals surface area contributed by atoms with Crippen LogP contribution in [-0.4, -0.2) is 9.78 Å². The van der Waals surface area contributed by atoms with E-state index in [0.717, 1.165) is 11.0 Å². The van der Waals surface area contributed by atoms with Crippen molar-refractivity contribution >= 4 is 15.9 Å². The molecule has 1 aromatic heterocycles. The van der Waals surface area contributed by atoms with Crippen LogP contribution in [-0.2, 0) is 13.6 Å². The summed E-state index contributed by atoms with van der Waals surface area (Å²) < 4.78 is 4.94. The van der Waals surface area contributed by atoms with Crippen LogP contribution in [0.25, 0.3) is 0 Å². The molecular weight excluding hydrogens is 322 g/mol. The number of hydrogen-bond acceptors (Lipinski definition) is 1. The molecule has 0 saturated heterocycles. The fourth-order valence-electron chi connectivity index (χ4n) is 1.32. The molecule has 0 unspecified atom stereocenters. The van der Waals surface area contributed by atoms with Gasteiger partial charge in [0.1, 0.15) is 6.54 Å². The minimum absolute atomic E-state index is 0. The van der Waals surface area contributed by atoms with Crippen molar-refractivity contribution < 1.29 is 21.5 Å². The van der Waals surface area contributed by atoms with Crippen molar-refractivity contribution in [2.75, 3.05) is 0 Å². The van der Waals surface area contributed by atoms with E-state index in [9.17, 15) is 0 Å². The Bertz CT molecular complexity index is 440. The van der Waals surface area contributed by atoms with Crippen molar-refractivity contribution in [1.29, 1.82) is 0 Å². The van der Waals surface area contributed by atoms with Gasteiger partial charge in [-0.25, -0.2) is 4.57 Å². The molecule has 0 bridgehead atoms. The number of rotatable bonds is 2. The Morgan fingerprint density at radius 3 is 2.87 bits per heavy atom. The third-order valence-electron chi connectivity index (χ3n) is 1.93. The number of halogens is 2. The number of benzene rings is 1. The summed E-state index contributed by atoms with van der Waals surface area (Å²) >= 11 is 3.45. The Hall–Kier alpha value is -0.680. The molecule has 1 heterocycles. The third kappa shape index (κ3) is 3.43. The first-order valence-corrected chi connectivity index (χ1v) is 5.15. The van der Waals surface area contributed by atoms with Crippen molar-refractivity contribution in [3.8, 4) is 0 Å². The van der Waals surface area contributed by atoms with Gasteiger partial charge in [0, 0.05) is 9.57 Å². The highest BCUT2D eigenvalue weighted by molar-refractivity contribution is 9.10. The van der Waals surface area contributed by atoms with Crippen LogP contribution < -0.4 is 21.5 Å². The zero-order valence-electron chi connectivity index (χ0n) is 8.27. The molecule has 0 spiro atoms. The van der Waals surface area contributed by atoms with E-state index in [1.807, 2.05) is 34.8 Å². The Morgan fingerprint density at radius 2 is 2.27 bits per heavy atom. The molecule has 3 nitrogen and oxygen atoms in total. The van der Waals surface area contributed by atoms with E-state index in [0.29, 0.717) is 0 Å². The monoisotopic (exact) mass is 331 g/mol. The van der Waals surface area contributed by atoms with Crippen LogP contribution in [0.3, 0.4) is 0 Å². The summed E-state index contributed by atoms with van der Waals surface area (Å²) in [6.07, 6.45) is 3.75. The van der Waals surface area contributed by atoms with Gasteiger partial charge in [0.05, 0.1) is 7.05 Å². The molecule has 0 aliphatic carbocycles. The zero-order chi connectivity index (χ0) is 9.97. The lowest BCUT2D eigenvalue weighted by molar-refractivity contribution is -0.672. The van der Waals surface area contributed by atoms with E-state index in [-0.39, 0.29) is 17.0 Å². The molecule has 0 saturated carbocycles. The summed E-state index contributed by atoms with van der Waals surface area (Å²) in [6, 6.07) is 8.24. The van der Waals surface area contributed by atoms with Gasteiger partial charge in [-0.05, 0) is 17.7 Å². The highest BCUT2D eigenvalue weighted by atomic mass is 79.9. The molecule has 2 aromatic rings. The second-order valence-corrected chi connectivity index (χ2v) is 4.16. The molecule has 0 atom stereocenters. The molecule has 0 N–H and O–H groups in total. The standard InChI is InChI=1S/C10H11BrN3.BrH/c1-13-7-12-14(8-13)6-9-3-2-4-10(11)5-9;/h2-5,7-8H,6H2,1H3;1H/q+1;/p-1. The maximum Gasteiger partial charge on any atom is 0.264 e. The van der Waals surface area contributed by atoms with Crippen molar-refractivity contribution in [3.63, 3.8) is 0 Å². The van der Waals surface area contributed by atoms with E-state index >= 15 is 0 Å². The average Bonchev–Trinajstić information content (AvgIpc) is 2.51. The van der Waals surface area contributed by atoms with Crippen molar-refractivity contribution in [1.82, 2.24) is 9.78 Å². The second kappa shape index (κ2) is 5.42. The molecule has 80 valence electrons. The molecular formula is C10H11Br2N3. The van der Waals surface area contributed by atoms with E-state index in [1.165, 1.54) is 5.56 Å². The van der Waals surface area contributed by atoms with E-state index in [2.05, 4.69) is 33.2 Å². The Balaban J connectivity index is 0.00000112. The van der Waals surface area contributed by atoms with Gasteiger partial charge in [0.2, 0.25) is 6.33 Å². The average molecular weight is 333 g/mol. The summed E-state index contributed by atoms with van der Waals surface area (Å²) in [5.41, 5.74) is 1.24. The van der Waals surface area contributed by atoms with E-state index < -0.39 is 0 Å². The number of aromatic nitrogens is 3. The van der Waals surface area contributed by atoms with Gasteiger partial charge >= 0.3 is 0 Å². The summed E-state index contributed by atoms with van der Waals surface area (Å²) in [6.45, 7) is 0.806. The molecule has 15 heavy (non-hydrogen) atoms. The van der Waals surface area contributed by atoms with Gasteiger partial charge in [0.15, 0.2) is 0 Å². The van der Waals surface area contributed by atoms with Crippen molar-refractivity contribution in [3.05, 3.63) is 47.0 Å². The number of hydrogen-bond donors (Lipinski definition) is 0. The van der Waals surface area contributed by atoms with Crippen LogP contribution in [0.4, 0.5) is 0 Å². The van der Waals surface area contributed by atoms with E-state index in [1.54, 1.807) is 6.33 Å². The summed E-state index contributed by atoms with van der Waals surface area (Å²) in [7, 11) is 1.96. The normalized spacial score (nSPS) is 9.73. The first-order chi connectivity index (χ1) is 6.74. The van der Waals surface area contributed by atoms with Gasteiger partial charge < -0.3 is 17.0 Å². The highest BCUT2D eigenvalue weighted by Crippen LogP contribution is 2.11. The molecule has 0 fully saturated rings. The summed E-state index contributed by atoms with van der Waals surface area (Å²) in [5.74, 6) is 0. The lowest BCUT2D eigenvalue weighted by Crippen LogP contribution is -3.00. The van der Waals surface area contributed by atoms with Crippen LogP contribution in [0.15, 0.2) is 41.4 Å². The summed E-state index contributed by atoms with van der Waals surface area (Å²) in [4.78, 5) is 0. The fraction of sp³-hybridized carbons (Fsp3) is 0.200. The number of nitrogens with zero attached hydrogens (tertiary/aromatic N) is 3. The summed E-state index contributed by atoms with van der Waals surface area (Å²) in [5, 5.41) is 4.21. The van der Waals surface area contributed by atoms with Crippen molar-refractivity contribution in [2.45, 2.75) is 6.54 Å². The molecule has 0 aliphatic heterocycles. The number of aryl methyl sites for hydroxylation is 1. The second-order valence-electron chi connectivity index (χ2n) is 3.24. The van der Waals surface area contributed by atoms with Gasteiger partial charge in [0.25, 0.3) is 6.33 Å².